The summed E-state index contributed by atoms with van der Waals surface area (Å²) < 4.78 is 5.31. The summed E-state index contributed by atoms with van der Waals surface area (Å²) in [5.74, 6) is 1.03. The van der Waals surface area contributed by atoms with Gasteiger partial charge >= 0.3 is 0 Å². The summed E-state index contributed by atoms with van der Waals surface area (Å²) in [6, 6.07) is 0. The zero-order chi connectivity index (χ0) is 11.2. The van der Waals surface area contributed by atoms with Crippen LogP contribution in [-0.2, 0) is 9.53 Å². The van der Waals surface area contributed by atoms with Gasteiger partial charge in [0.1, 0.15) is 0 Å². The molecule has 2 N–H and O–H groups in total. The maximum Gasteiger partial charge on any atom is 0.225 e. The van der Waals surface area contributed by atoms with Gasteiger partial charge in [-0.3, -0.25) is 4.79 Å². The van der Waals surface area contributed by atoms with Crippen molar-refractivity contribution in [2.24, 2.45) is 11.8 Å². The highest BCUT2D eigenvalue weighted by atomic mass is 16.5. The molecule has 0 aromatic rings. The zero-order valence-corrected chi connectivity index (χ0v) is 9.84. The fourth-order valence-corrected chi connectivity index (χ4v) is 2.45. The van der Waals surface area contributed by atoms with Gasteiger partial charge in [-0.05, 0) is 44.7 Å². The molecule has 2 fully saturated rings. The molecule has 0 radical (unpaired) electrons. The van der Waals surface area contributed by atoms with Crippen LogP contribution in [0.25, 0.3) is 0 Å². The molecule has 2 saturated heterocycles. The first-order chi connectivity index (χ1) is 7.86. The van der Waals surface area contributed by atoms with E-state index in [0.29, 0.717) is 6.61 Å². The number of hydrogen-bond donors (Lipinski definition) is 2. The van der Waals surface area contributed by atoms with Crippen molar-refractivity contribution in [3.63, 3.8) is 0 Å². The Bertz CT molecular complexity index is 221. The molecule has 2 rings (SSSR count). The second-order valence-electron chi connectivity index (χ2n) is 4.85. The van der Waals surface area contributed by atoms with Crippen molar-refractivity contribution in [3.05, 3.63) is 0 Å². The van der Waals surface area contributed by atoms with Crippen LogP contribution in [-0.4, -0.2) is 38.8 Å². The minimum atomic E-state index is 0.0930. The predicted molar refractivity (Wildman–Crippen MR) is 62.1 cm³/mol. The van der Waals surface area contributed by atoms with Crippen LogP contribution in [0, 0.1) is 11.8 Å². The van der Waals surface area contributed by atoms with Crippen LogP contribution in [0.1, 0.15) is 25.7 Å². The van der Waals surface area contributed by atoms with E-state index in [2.05, 4.69) is 10.6 Å². The van der Waals surface area contributed by atoms with Gasteiger partial charge in [0.15, 0.2) is 0 Å². The van der Waals surface area contributed by atoms with Gasteiger partial charge in [-0.2, -0.15) is 0 Å². The van der Waals surface area contributed by atoms with Crippen LogP contribution in [0.2, 0.25) is 0 Å². The Morgan fingerprint density at radius 3 is 3.06 bits per heavy atom. The average Bonchev–Trinajstić information content (AvgIpc) is 2.83. The summed E-state index contributed by atoms with van der Waals surface area (Å²) in [4.78, 5) is 11.8. The second kappa shape index (κ2) is 6.21. The second-order valence-corrected chi connectivity index (χ2v) is 4.85. The van der Waals surface area contributed by atoms with Gasteiger partial charge in [-0.15, -0.1) is 0 Å². The Kier molecular flexibility index (Phi) is 4.60. The lowest BCUT2D eigenvalue weighted by molar-refractivity contribution is -0.128. The largest absolute Gasteiger partial charge is 0.381 e. The molecule has 0 aliphatic carbocycles. The van der Waals surface area contributed by atoms with Crippen molar-refractivity contribution < 1.29 is 9.53 Å². The van der Waals surface area contributed by atoms with Crippen molar-refractivity contribution >= 4 is 5.91 Å². The Labute approximate surface area is 97.1 Å². The molecule has 4 nitrogen and oxygen atoms in total. The molecule has 1 amide bonds. The van der Waals surface area contributed by atoms with Crippen LogP contribution >= 0.6 is 0 Å². The van der Waals surface area contributed by atoms with Crippen molar-refractivity contribution in [3.8, 4) is 0 Å². The molecular formula is C12H22N2O2. The molecule has 4 heteroatoms. The van der Waals surface area contributed by atoms with Gasteiger partial charge in [0.25, 0.3) is 0 Å². The topological polar surface area (TPSA) is 50.4 Å². The molecule has 16 heavy (non-hydrogen) atoms. The van der Waals surface area contributed by atoms with E-state index in [1.807, 2.05) is 0 Å². The average molecular weight is 226 g/mol. The third-order valence-corrected chi connectivity index (χ3v) is 3.55. The highest BCUT2D eigenvalue weighted by molar-refractivity contribution is 5.78. The number of carbonyl (C=O) groups excluding carboxylic acids is 1. The maximum atomic E-state index is 11.8. The van der Waals surface area contributed by atoms with E-state index in [-0.39, 0.29) is 11.8 Å². The van der Waals surface area contributed by atoms with Gasteiger partial charge in [-0.25, -0.2) is 0 Å². The third kappa shape index (κ3) is 3.46. The third-order valence-electron chi connectivity index (χ3n) is 3.55. The number of hydrogen-bond acceptors (Lipinski definition) is 3. The van der Waals surface area contributed by atoms with Crippen LogP contribution in [0.15, 0.2) is 0 Å². The molecule has 92 valence electrons. The van der Waals surface area contributed by atoms with E-state index in [1.165, 1.54) is 6.42 Å². The molecular weight excluding hydrogens is 204 g/mol. The fraction of sp³-hybridized carbons (Fsp3) is 0.917. The Morgan fingerprint density at radius 2 is 2.38 bits per heavy atom. The summed E-state index contributed by atoms with van der Waals surface area (Å²) in [5, 5.41) is 6.37. The van der Waals surface area contributed by atoms with E-state index < -0.39 is 0 Å². The van der Waals surface area contributed by atoms with Gasteiger partial charge in [-0.1, -0.05) is 0 Å². The SMILES string of the molecule is O=C(NCCC1CCNC1)C1CCCOC1. The van der Waals surface area contributed by atoms with E-state index in [1.54, 1.807) is 0 Å². The van der Waals surface area contributed by atoms with E-state index in [9.17, 15) is 4.79 Å². The van der Waals surface area contributed by atoms with Crippen molar-refractivity contribution in [2.75, 3.05) is 32.8 Å². The van der Waals surface area contributed by atoms with Gasteiger partial charge < -0.3 is 15.4 Å². The van der Waals surface area contributed by atoms with Crippen LogP contribution in [0.4, 0.5) is 0 Å². The van der Waals surface area contributed by atoms with Crippen LogP contribution in [0.5, 0.6) is 0 Å². The quantitative estimate of drug-likeness (QED) is 0.735. The molecule has 2 heterocycles. The molecule has 0 bridgehead atoms. The molecule has 0 aromatic heterocycles. The molecule has 0 spiro atoms. The van der Waals surface area contributed by atoms with Gasteiger partial charge in [0, 0.05) is 13.2 Å². The lowest BCUT2D eigenvalue weighted by Crippen LogP contribution is -2.36. The van der Waals surface area contributed by atoms with E-state index in [4.69, 9.17) is 4.74 Å². The summed E-state index contributed by atoms with van der Waals surface area (Å²) in [6.45, 7) is 4.49. The first-order valence-corrected chi connectivity index (χ1v) is 6.42. The first-order valence-electron chi connectivity index (χ1n) is 6.42. The number of ether oxygens (including phenoxy) is 1. The van der Waals surface area contributed by atoms with Crippen molar-refractivity contribution in [2.45, 2.75) is 25.7 Å². The van der Waals surface area contributed by atoms with E-state index >= 15 is 0 Å². The Balaban J connectivity index is 1.59. The number of amides is 1. The lowest BCUT2D eigenvalue weighted by atomic mass is 10.0. The molecule has 0 saturated carbocycles. The summed E-state index contributed by atoms with van der Waals surface area (Å²) in [7, 11) is 0. The lowest BCUT2D eigenvalue weighted by Gasteiger charge is -2.21. The van der Waals surface area contributed by atoms with Crippen molar-refractivity contribution in [1.82, 2.24) is 10.6 Å². The fourth-order valence-electron chi connectivity index (χ4n) is 2.45. The van der Waals surface area contributed by atoms with Crippen molar-refractivity contribution in [1.29, 1.82) is 0 Å². The standard InChI is InChI=1S/C12H22N2O2/c15-12(11-2-1-7-16-9-11)14-6-4-10-3-5-13-8-10/h10-11,13H,1-9H2,(H,14,15). The summed E-state index contributed by atoms with van der Waals surface area (Å²) in [6.07, 6.45) is 4.36. The molecule has 2 atom stereocenters. The minimum Gasteiger partial charge on any atom is -0.381 e. The first kappa shape index (κ1) is 11.9. The molecule has 2 aliphatic rings. The maximum absolute atomic E-state index is 11.8. The van der Waals surface area contributed by atoms with Gasteiger partial charge in [0.05, 0.1) is 12.5 Å². The molecule has 2 aliphatic heterocycles. The normalized spacial score (nSPS) is 30.2. The molecule has 2 unspecified atom stereocenters. The summed E-state index contributed by atoms with van der Waals surface area (Å²) >= 11 is 0. The van der Waals surface area contributed by atoms with Crippen LogP contribution < -0.4 is 10.6 Å². The van der Waals surface area contributed by atoms with E-state index in [0.717, 1.165) is 51.4 Å². The monoisotopic (exact) mass is 226 g/mol. The highest BCUT2D eigenvalue weighted by Gasteiger charge is 2.21. The zero-order valence-electron chi connectivity index (χ0n) is 9.84. The number of nitrogens with one attached hydrogen (secondary N) is 2. The minimum absolute atomic E-state index is 0.0930. The Hall–Kier alpha value is -0.610. The number of carbonyl (C=O) groups is 1. The summed E-state index contributed by atoms with van der Waals surface area (Å²) in [5.41, 5.74) is 0. The van der Waals surface area contributed by atoms with Gasteiger partial charge in [0.2, 0.25) is 5.91 Å². The Morgan fingerprint density at radius 1 is 1.44 bits per heavy atom. The van der Waals surface area contributed by atoms with Crippen LogP contribution in [0.3, 0.4) is 0 Å². The number of rotatable bonds is 4. The predicted octanol–water partition coefficient (Wildman–Crippen LogP) is 0.529. The smallest absolute Gasteiger partial charge is 0.225 e. The highest BCUT2D eigenvalue weighted by Crippen LogP contribution is 2.14. The molecule has 0 aromatic carbocycles.